The van der Waals surface area contributed by atoms with Gasteiger partial charge in [0.15, 0.2) is 0 Å². The van der Waals surface area contributed by atoms with E-state index < -0.39 is 0 Å². The summed E-state index contributed by atoms with van der Waals surface area (Å²) in [4.78, 5) is 14.8. The van der Waals surface area contributed by atoms with E-state index >= 15 is 0 Å². The van der Waals surface area contributed by atoms with Gasteiger partial charge in [-0.25, -0.2) is 0 Å². The topological polar surface area (TPSA) is 68.0 Å². The van der Waals surface area contributed by atoms with Crippen molar-refractivity contribution in [2.24, 2.45) is 0 Å². The first-order valence-corrected chi connectivity index (χ1v) is 5.23. The Morgan fingerprint density at radius 3 is 3.06 bits per heavy atom. The molecule has 86 valence electrons. The molecule has 0 atom stereocenters. The summed E-state index contributed by atoms with van der Waals surface area (Å²) >= 11 is 0. The van der Waals surface area contributed by atoms with Crippen LogP contribution in [0.15, 0.2) is 18.3 Å². The molecule has 1 heterocycles. The van der Waals surface area contributed by atoms with Crippen molar-refractivity contribution < 1.29 is 4.79 Å². The number of nitrogen functional groups attached to an aromatic ring is 1. The summed E-state index contributed by atoms with van der Waals surface area (Å²) in [5.74, 6) is -0.0124. The number of carbonyl (C=O) groups is 1. The van der Waals surface area contributed by atoms with E-state index in [1.54, 1.807) is 6.20 Å². The minimum atomic E-state index is -0.0124. The molecule has 0 saturated carbocycles. The van der Waals surface area contributed by atoms with E-state index in [0.717, 1.165) is 17.7 Å². The SMILES string of the molecule is CC(=O)NCCC=Cc1nccc(C)c1N. The van der Waals surface area contributed by atoms with Crippen molar-refractivity contribution in [1.29, 1.82) is 0 Å². The van der Waals surface area contributed by atoms with Crippen LogP contribution in [0.25, 0.3) is 6.08 Å². The van der Waals surface area contributed by atoms with Crippen LogP contribution in [0.5, 0.6) is 0 Å². The standard InChI is InChI=1S/C12H17N3O/c1-9-6-8-15-11(12(9)13)5-3-4-7-14-10(2)16/h3,5-6,8H,4,7,13H2,1-2H3,(H,14,16). The van der Waals surface area contributed by atoms with Gasteiger partial charge in [-0.1, -0.05) is 6.08 Å². The molecular formula is C12H17N3O. The summed E-state index contributed by atoms with van der Waals surface area (Å²) in [5.41, 5.74) is 8.37. The third-order valence-corrected chi connectivity index (χ3v) is 2.20. The summed E-state index contributed by atoms with van der Waals surface area (Å²) in [6.45, 7) is 4.09. The molecule has 1 rings (SSSR count). The highest BCUT2D eigenvalue weighted by Crippen LogP contribution is 2.14. The van der Waals surface area contributed by atoms with E-state index in [4.69, 9.17) is 5.73 Å². The van der Waals surface area contributed by atoms with Crippen molar-refractivity contribution in [3.63, 3.8) is 0 Å². The number of hydrogen-bond donors (Lipinski definition) is 2. The molecule has 0 aliphatic heterocycles. The number of nitrogens with two attached hydrogens (primary N) is 1. The fraction of sp³-hybridized carbons (Fsp3) is 0.333. The van der Waals surface area contributed by atoms with Crippen molar-refractivity contribution >= 4 is 17.7 Å². The molecule has 0 spiro atoms. The molecule has 0 fully saturated rings. The normalized spacial score (nSPS) is 10.6. The lowest BCUT2D eigenvalue weighted by Crippen LogP contribution is -2.20. The van der Waals surface area contributed by atoms with Crippen molar-refractivity contribution in [2.75, 3.05) is 12.3 Å². The van der Waals surface area contributed by atoms with Crippen LogP contribution in [0, 0.1) is 6.92 Å². The monoisotopic (exact) mass is 219 g/mol. The van der Waals surface area contributed by atoms with Crippen molar-refractivity contribution in [3.05, 3.63) is 29.6 Å². The van der Waals surface area contributed by atoms with Crippen LogP contribution in [0.1, 0.15) is 24.6 Å². The lowest BCUT2D eigenvalue weighted by molar-refractivity contribution is -0.118. The van der Waals surface area contributed by atoms with Gasteiger partial charge in [0.25, 0.3) is 0 Å². The molecule has 1 aromatic heterocycles. The number of nitrogens with one attached hydrogen (secondary N) is 1. The Bertz CT molecular complexity index is 399. The molecule has 0 saturated heterocycles. The maximum absolute atomic E-state index is 10.6. The van der Waals surface area contributed by atoms with Gasteiger partial charge in [-0.15, -0.1) is 0 Å². The van der Waals surface area contributed by atoms with Crippen LogP contribution in [0.2, 0.25) is 0 Å². The minimum Gasteiger partial charge on any atom is -0.397 e. The lowest BCUT2D eigenvalue weighted by Gasteiger charge is -2.02. The van der Waals surface area contributed by atoms with E-state index in [-0.39, 0.29) is 5.91 Å². The number of rotatable bonds is 4. The molecule has 0 aliphatic carbocycles. The van der Waals surface area contributed by atoms with E-state index in [2.05, 4.69) is 10.3 Å². The van der Waals surface area contributed by atoms with Gasteiger partial charge >= 0.3 is 0 Å². The quantitative estimate of drug-likeness (QED) is 0.754. The van der Waals surface area contributed by atoms with Gasteiger partial charge in [0.05, 0.1) is 11.4 Å². The number of aromatic nitrogens is 1. The van der Waals surface area contributed by atoms with Crippen molar-refractivity contribution in [3.8, 4) is 0 Å². The zero-order valence-corrected chi connectivity index (χ0v) is 9.66. The third-order valence-electron chi connectivity index (χ3n) is 2.20. The number of pyridine rings is 1. The Morgan fingerprint density at radius 2 is 2.38 bits per heavy atom. The number of nitrogens with zero attached hydrogens (tertiary/aromatic N) is 1. The number of hydrogen-bond acceptors (Lipinski definition) is 3. The summed E-state index contributed by atoms with van der Waals surface area (Å²) in [5, 5.41) is 2.72. The van der Waals surface area contributed by atoms with E-state index in [9.17, 15) is 4.79 Å². The van der Waals surface area contributed by atoms with Crippen LogP contribution in [0.3, 0.4) is 0 Å². The van der Waals surface area contributed by atoms with Crippen LogP contribution in [-0.2, 0) is 4.79 Å². The molecule has 0 radical (unpaired) electrons. The fourth-order valence-electron chi connectivity index (χ4n) is 1.25. The summed E-state index contributed by atoms with van der Waals surface area (Å²) in [7, 11) is 0. The summed E-state index contributed by atoms with van der Waals surface area (Å²) in [6, 6.07) is 1.88. The zero-order valence-electron chi connectivity index (χ0n) is 9.66. The number of anilines is 1. The summed E-state index contributed by atoms with van der Waals surface area (Å²) in [6.07, 6.45) is 6.34. The first kappa shape index (κ1) is 12.2. The van der Waals surface area contributed by atoms with Gasteiger partial charge < -0.3 is 11.1 Å². The molecule has 1 aromatic rings. The maximum atomic E-state index is 10.6. The smallest absolute Gasteiger partial charge is 0.216 e. The number of amides is 1. The molecule has 3 N–H and O–H groups in total. The van der Waals surface area contributed by atoms with E-state index in [1.165, 1.54) is 6.92 Å². The highest BCUT2D eigenvalue weighted by Gasteiger charge is 1.98. The molecule has 4 nitrogen and oxygen atoms in total. The highest BCUT2D eigenvalue weighted by atomic mass is 16.1. The maximum Gasteiger partial charge on any atom is 0.216 e. The molecule has 16 heavy (non-hydrogen) atoms. The Labute approximate surface area is 95.6 Å². The van der Waals surface area contributed by atoms with Gasteiger partial charge in [0, 0.05) is 19.7 Å². The van der Waals surface area contributed by atoms with Gasteiger partial charge in [0.2, 0.25) is 5.91 Å². The second-order valence-corrected chi connectivity index (χ2v) is 3.60. The first-order valence-electron chi connectivity index (χ1n) is 5.23. The van der Waals surface area contributed by atoms with Crippen molar-refractivity contribution in [2.45, 2.75) is 20.3 Å². The predicted molar refractivity (Wildman–Crippen MR) is 65.7 cm³/mol. The Balaban J connectivity index is 2.50. The average Bonchev–Trinajstić information content (AvgIpc) is 2.23. The number of carbonyl (C=O) groups excluding carboxylic acids is 1. The average molecular weight is 219 g/mol. The second-order valence-electron chi connectivity index (χ2n) is 3.60. The molecule has 0 unspecified atom stereocenters. The first-order chi connectivity index (χ1) is 7.61. The third kappa shape index (κ3) is 3.73. The molecule has 0 bridgehead atoms. The molecular weight excluding hydrogens is 202 g/mol. The Hall–Kier alpha value is -1.84. The Kier molecular flexibility index (Phi) is 4.51. The van der Waals surface area contributed by atoms with Gasteiger partial charge in [-0.3, -0.25) is 9.78 Å². The summed E-state index contributed by atoms with van der Waals surface area (Å²) < 4.78 is 0. The predicted octanol–water partition coefficient (Wildman–Crippen LogP) is 1.51. The molecule has 0 aromatic carbocycles. The van der Waals surface area contributed by atoms with Gasteiger partial charge in [-0.05, 0) is 31.1 Å². The molecule has 1 amide bonds. The van der Waals surface area contributed by atoms with Crippen molar-refractivity contribution in [1.82, 2.24) is 10.3 Å². The second kappa shape index (κ2) is 5.90. The highest BCUT2D eigenvalue weighted by molar-refractivity contribution is 5.72. The van der Waals surface area contributed by atoms with Crippen LogP contribution < -0.4 is 11.1 Å². The molecule has 4 heteroatoms. The fourth-order valence-corrected chi connectivity index (χ4v) is 1.25. The van der Waals surface area contributed by atoms with E-state index in [1.807, 2.05) is 25.1 Å². The van der Waals surface area contributed by atoms with Gasteiger partial charge in [0.1, 0.15) is 0 Å². The molecule has 0 aliphatic rings. The minimum absolute atomic E-state index is 0.0124. The van der Waals surface area contributed by atoms with Gasteiger partial charge in [-0.2, -0.15) is 0 Å². The van der Waals surface area contributed by atoms with Crippen LogP contribution >= 0.6 is 0 Å². The largest absolute Gasteiger partial charge is 0.397 e. The zero-order chi connectivity index (χ0) is 12.0. The Morgan fingerprint density at radius 1 is 1.62 bits per heavy atom. The lowest BCUT2D eigenvalue weighted by atomic mass is 10.2. The number of aryl methyl sites for hydroxylation is 1. The van der Waals surface area contributed by atoms with E-state index in [0.29, 0.717) is 12.2 Å². The van der Waals surface area contributed by atoms with Crippen LogP contribution in [0.4, 0.5) is 5.69 Å². The van der Waals surface area contributed by atoms with Crippen LogP contribution in [-0.4, -0.2) is 17.4 Å².